The number of nitrogens with one attached hydrogen (secondary N) is 2. The number of carbonyl (C=O) groups excluding carboxylic acids is 3. The van der Waals surface area contributed by atoms with E-state index in [1.807, 2.05) is 0 Å². The summed E-state index contributed by atoms with van der Waals surface area (Å²) in [7, 11) is 0. The number of esters is 2. The monoisotopic (exact) mass is 470 g/mol. The Kier molecular flexibility index (Phi) is 5.92. The molecule has 10 nitrogen and oxygen atoms in total. The molecule has 1 amide bonds. The van der Waals surface area contributed by atoms with E-state index >= 15 is 0 Å². The van der Waals surface area contributed by atoms with E-state index in [0.717, 1.165) is 31.4 Å². The molecule has 11 heteroatoms. The molecule has 33 heavy (non-hydrogen) atoms. The highest BCUT2D eigenvalue weighted by atomic mass is 32.1. The summed E-state index contributed by atoms with van der Waals surface area (Å²) in [4.78, 5) is 37.6. The number of rotatable bonds is 5. The number of ether oxygens (including phenoxy) is 3. The van der Waals surface area contributed by atoms with Crippen LogP contribution in [0.5, 0.6) is 11.5 Å². The quantitative estimate of drug-likeness (QED) is 0.498. The Morgan fingerprint density at radius 1 is 1.09 bits per heavy atom. The van der Waals surface area contributed by atoms with E-state index in [9.17, 15) is 14.4 Å². The first-order valence-electron chi connectivity index (χ1n) is 10.7. The van der Waals surface area contributed by atoms with Gasteiger partial charge >= 0.3 is 11.9 Å². The van der Waals surface area contributed by atoms with Gasteiger partial charge in [-0.2, -0.15) is 0 Å². The molecule has 2 fully saturated rings. The first-order valence-corrected chi connectivity index (χ1v) is 11.5. The fraction of sp³-hybridized carbons (Fsp3) is 0.409. The number of amides is 1. The molecule has 3 heterocycles. The van der Waals surface area contributed by atoms with Gasteiger partial charge < -0.3 is 19.5 Å². The van der Waals surface area contributed by atoms with E-state index in [2.05, 4.69) is 20.8 Å². The molecule has 2 aromatic rings. The first-order chi connectivity index (χ1) is 16.0. The highest BCUT2D eigenvalue weighted by Crippen LogP contribution is 2.51. The number of carbonyl (C=O) groups is 3. The van der Waals surface area contributed by atoms with Gasteiger partial charge in [-0.05, 0) is 38.3 Å². The molecule has 2 unspecified atom stereocenters. The number of aromatic nitrogens is 2. The molecule has 2 atom stereocenters. The van der Waals surface area contributed by atoms with Crippen LogP contribution >= 0.6 is 11.3 Å². The van der Waals surface area contributed by atoms with Crippen molar-refractivity contribution in [2.45, 2.75) is 44.2 Å². The number of hydrogen-bond donors (Lipinski definition) is 2. The van der Waals surface area contributed by atoms with Crippen LogP contribution in [-0.2, 0) is 14.3 Å². The Labute approximate surface area is 193 Å². The zero-order valence-corrected chi connectivity index (χ0v) is 18.6. The van der Waals surface area contributed by atoms with Crippen molar-refractivity contribution in [2.75, 3.05) is 18.5 Å². The maximum Gasteiger partial charge on any atom is 0.336 e. The topological polar surface area (TPSA) is 129 Å². The third-order valence-corrected chi connectivity index (χ3v) is 6.50. The highest BCUT2D eigenvalue weighted by molar-refractivity contribution is 7.15. The molecule has 2 bridgehead atoms. The average Bonchev–Trinajstić information content (AvgIpc) is 3.41. The summed E-state index contributed by atoms with van der Waals surface area (Å²) in [6, 6.07) is 3.48. The minimum Gasteiger partial charge on any atom is -0.423 e. The molecule has 0 spiro atoms. The molecule has 2 N–H and O–H groups in total. The lowest BCUT2D eigenvalue weighted by atomic mass is 10.0. The SMILES string of the molecule is Cc1nnc(NC(=O)c2ccc3c(C4CC4NC4CCOCC4)c2OC(=O)/C=C/C(=O)O3)s1. The van der Waals surface area contributed by atoms with Crippen molar-refractivity contribution in [1.82, 2.24) is 15.5 Å². The summed E-state index contributed by atoms with van der Waals surface area (Å²) < 4.78 is 16.5. The van der Waals surface area contributed by atoms with Crippen molar-refractivity contribution in [3.05, 3.63) is 40.4 Å². The second-order valence-electron chi connectivity index (χ2n) is 8.11. The van der Waals surface area contributed by atoms with Gasteiger partial charge in [0.1, 0.15) is 10.8 Å². The Hall–Kier alpha value is -3.15. The van der Waals surface area contributed by atoms with Crippen molar-refractivity contribution < 1.29 is 28.6 Å². The average molecular weight is 471 g/mol. The molecular formula is C22H22N4O6S. The Bertz CT molecular complexity index is 1140. The van der Waals surface area contributed by atoms with Gasteiger partial charge in [0.15, 0.2) is 5.75 Å². The molecular weight excluding hydrogens is 448 g/mol. The van der Waals surface area contributed by atoms with Crippen LogP contribution in [0, 0.1) is 6.92 Å². The fourth-order valence-electron chi connectivity index (χ4n) is 4.10. The van der Waals surface area contributed by atoms with E-state index in [1.165, 1.54) is 17.4 Å². The van der Waals surface area contributed by atoms with Crippen LogP contribution < -0.4 is 20.1 Å². The first kappa shape index (κ1) is 21.7. The van der Waals surface area contributed by atoms with Crippen molar-refractivity contribution in [2.24, 2.45) is 0 Å². The van der Waals surface area contributed by atoms with Gasteiger partial charge in [-0.1, -0.05) is 11.3 Å². The Morgan fingerprint density at radius 2 is 1.85 bits per heavy atom. The van der Waals surface area contributed by atoms with Crippen LogP contribution in [0.15, 0.2) is 24.3 Å². The number of fused-ring (bicyclic) bond motifs is 2. The summed E-state index contributed by atoms with van der Waals surface area (Å²) in [5.41, 5.74) is 0.684. The van der Waals surface area contributed by atoms with E-state index in [0.29, 0.717) is 35.0 Å². The second-order valence-corrected chi connectivity index (χ2v) is 9.29. The zero-order valence-electron chi connectivity index (χ0n) is 17.8. The summed E-state index contributed by atoms with van der Waals surface area (Å²) in [5.74, 6) is -1.64. The van der Waals surface area contributed by atoms with Gasteiger partial charge in [0.25, 0.3) is 5.91 Å². The molecule has 1 saturated carbocycles. The van der Waals surface area contributed by atoms with Gasteiger partial charge in [0.05, 0.1) is 5.56 Å². The van der Waals surface area contributed by atoms with Crippen molar-refractivity contribution in [3.63, 3.8) is 0 Å². The maximum atomic E-state index is 13.1. The summed E-state index contributed by atoms with van der Waals surface area (Å²) in [5, 5.41) is 15.2. The van der Waals surface area contributed by atoms with Gasteiger partial charge in [-0.25, -0.2) is 9.59 Å². The standard InChI is InChI=1S/C22H22N4O6S/c1-11-25-26-22(33-11)24-21(29)13-2-3-16-19(20(13)32-18(28)5-4-17(27)31-16)14-10-15(14)23-12-6-8-30-9-7-12/h2-5,12,14-15,23H,6-10H2,1H3,(H,24,26,29)/b5-4+. The van der Waals surface area contributed by atoms with Crippen molar-refractivity contribution >= 4 is 34.3 Å². The van der Waals surface area contributed by atoms with Gasteiger partial charge in [0.2, 0.25) is 5.13 Å². The minimum absolute atomic E-state index is 0.0759. The number of anilines is 1. The molecule has 5 rings (SSSR count). The summed E-state index contributed by atoms with van der Waals surface area (Å²) >= 11 is 1.23. The smallest absolute Gasteiger partial charge is 0.336 e. The van der Waals surface area contributed by atoms with E-state index in [4.69, 9.17) is 14.2 Å². The van der Waals surface area contributed by atoms with Crippen LogP contribution in [0.2, 0.25) is 0 Å². The molecule has 1 aromatic carbocycles. The van der Waals surface area contributed by atoms with Gasteiger partial charge in [0, 0.05) is 48.9 Å². The van der Waals surface area contributed by atoms with Crippen molar-refractivity contribution in [3.8, 4) is 11.5 Å². The zero-order chi connectivity index (χ0) is 22.9. The van der Waals surface area contributed by atoms with Crippen LogP contribution in [-0.4, -0.2) is 53.3 Å². The molecule has 1 aromatic heterocycles. The Morgan fingerprint density at radius 3 is 2.58 bits per heavy atom. The van der Waals surface area contributed by atoms with Gasteiger partial charge in [-0.3, -0.25) is 10.1 Å². The molecule has 1 aliphatic carbocycles. The third kappa shape index (κ3) is 4.80. The molecule has 172 valence electrons. The van der Waals surface area contributed by atoms with Crippen LogP contribution in [0.4, 0.5) is 5.13 Å². The van der Waals surface area contributed by atoms with Gasteiger partial charge in [-0.15, -0.1) is 10.2 Å². The lowest BCUT2D eigenvalue weighted by Gasteiger charge is -2.23. The van der Waals surface area contributed by atoms with Crippen molar-refractivity contribution in [1.29, 1.82) is 0 Å². The predicted octanol–water partition coefficient (Wildman–Crippen LogP) is 2.10. The highest BCUT2D eigenvalue weighted by Gasteiger charge is 2.45. The van der Waals surface area contributed by atoms with E-state index in [1.54, 1.807) is 13.0 Å². The lowest BCUT2D eigenvalue weighted by Crippen LogP contribution is -2.36. The number of aryl methyl sites for hydroxylation is 1. The molecule has 0 radical (unpaired) electrons. The number of nitrogens with zero attached hydrogens (tertiary/aromatic N) is 2. The fourth-order valence-corrected chi connectivity index (χ4v) is 4.69. The normalized spacial score (nSPS) is 23.5. The minimum atomic E-state index is -0.761. The van der Waals surface area contributed by atoms with E-state index in [-0.39, 0.29) is 29.0 Å². The Balaban J connectivity index is 1.48. The van der Waals surface area contributed by atoms with Crippen LogP contribution in [0.25, 0.3) is 0 Å². The van der Waals surface area contributed by atoms with Crippen LogP contribution in [0.1, 0.15) is 46.1 Å². The number of hydrogen-bond acceptors (Lipinski definition) is 10. The molecule has 1 saturated heterocycles. The summed E-state index contributed by atoms with van der Waals surface area (Å²) in [6.45, 7) is 3.21. The summed E-state index contributed by atoms with van der Waals surface area (Å²) in [6.07, 6.45) is 4.60. The maximum absolute atomic E-state index is 13.1. The predicted molar refractivity (Wildman–Crippen MR) is 118 cm³/mol. The third-order valence-electron chi connectivity index (χ3n) is 5.75. The van der Waals surface area contributed by atoms with Crippen LogP contribution in [0.3, 0.4) is 0 Å². The molecule has 2 aliphatic heterocycles. The molecule has 3 aliphatic rings. The largest absolute Gasteiger partial charge is 0.423 e. The second kappa shape index (κ2) is 9.00. The number of benzene rings is 1. The lowest BCUT2D eigenvalue weighted by molar-refractivity contribution is -0.131. The van der Waals surface area contributed by atoms with E-state index < -0.39 is 17.8 Å².